The van der Waals surface area contributed by atoms with E-state index in [1.54, 1.807) is 0 Å². The van der Waals surface area contributed by atoms with Gasteiger partial charge in [-0.2, -0.15) is 0 Å². The first-order valence-electron chi connectivity index (χ1n) is 3.42. The molecule has 0 aromatic heterocycles. The van der Waals surface area contributed by atoms with Gasteiger partial charge in [0.15, 0.2) is 0 Å². The molecule has 48 valence electrons. The first kappa shape index (κ1) is 7.74. The standard InChI is InChI=1S/2C4H8/c1-4-2-3-4;1-3-4-2/h4H,2-3H2,1H3;3H,1,4H2,2H3. The van der Waals surface area contributed by atoms with Gasteiger partial charge < -0.3 is 0 Å². The van der Waals surface area contributed by atoms with Crippen LogP contribution in [0.2, 0.25) is 0 Å². The molecule has 0 aromatic carbocycles. The van der Waals surface area contributed by atoms with E-state index in [1.807, 2.05) is 6.08 Å². The van der Waals surface area contributed by atoms with Crippen LogP contribution in [0.5, 0.6) is 0 Å². The summed E-state index contributed by atoms with van der Waals surface area (Å²) in [5, 5.41) is 0. The molecule has 0 amide bonds. The summed E-state index contributed by atoms with van der Waals surface area (Å²) in [5.41, 5.74) is 0. The Morgan fingerprint density at radius 3 is 1.88 bits per heavy atom. The summed E-state index contributed by atoms with van der Waals surface area (Å²) in [5.74, 6) is 1.08. The molecule has 0 bridgehead atoms. The number of hydrogen-bond donors (Lipinski definition) is 0. The Morgan fingerprint density at radius 1 is 1.62 bits per heavy atom. The number of hydrogen-bond acceptors (Lipinski definition) is 0. The summed E-state index contributed by atoms with van der Waals surface area (Å²) in [6.07, 6.45) is 5.93. The molecule has 1 aliphatic carbocycles. The highest BCUT2D eigenvalue weighted by molar-refractivity contribution is 4.65. The minimum atomic E-state index is 1.08. The molecule has 0 saturated heterocycles. The summed E-state index contributed by atoms with van der Waals surface area (Å²) in [6.45, 7) is 7.82. The molecule has 0 spiro atoms. The van der Waals surface area contributed by atoms with Crippen LogP contribution in [0.25, 0.3) is 0 Å². The van der Waals surface area contributed by atoms with Crippen molar-refractivity contribution < 1.29 is 0 Å². The van der Waals surface area contributed by atoms with Gasteiger partial charge in [-0.1, -0.05) is 32.8 Å². The van der Waals surface area contributed by atoms with Crippen molar-refractivity contribution in [1.29, 1.82) is 0 Å². The second-order valence-corrected chi connectivity index (χ2v) is 2.38. The van der Waals surface area contributed by atoms with Crippen LogP contribution in [0.1, 0.15) is 33.1 Å². The fourth-order valence-electron chi connectivity index (χ4n) is 0.167. The minimum Gasteiger partial charge on any atom is -0.103 e. The van der Waals surface area contributed by atoms with Gasteiger partial charge in [-0.3, -0.25) is 0 Å². The van der Waals surface area contributed by atoms with Crippen LogP contribution in [0.3, 0.4) is 0 Å². The van der Waals surface area contributed by atoms with E-state index in [9.17, 15) is 0 Å². The summed E-state index contributed by atoms with van der Waals surface area (Å²) in [7, 11) is 0. The molecule has 0 heteroatoms. The van der Waals surface area contributed by atoms with E-state index in [4.69, 9.17) is 0 Å². The van der Waals surface area contributed by atoms with E-state index in [0.29, 0.717) is 0 Å². The predicted molar refractivity (Wildman–Crippen MR) is 38.9 cm³/mol. The lowest BCUT2D eigenvalue weighted by Crippen LogP contribution is -1.42. The normalized spacial score (nSPS) is 16.2. The molecule has 1 rings (SSSR count). The second-order valence-electron chi connectivity index (χ2n) is 2.38. The molecule has 0 atom stereocenters. The van der Waals surface area contributed by atoms with Crippen molar-refractivity contribution in [3.05, 3.63) is 12.7 Å². The Morgan fingerprint density at radius 2 is 1.88 bits per heavy atom. The third-order valence-electron chi connectivity index (χ3n) is 1.15. The maximum atomic E-state index is 3.48. The fraction of sp³-hybridized carbons (Fsp3) is 0.750. The van der Waals surface area contributed by atoms with Gasteiger partial charge in [-0.05, 0) is 12.3 Å². The van der Waals surface area contributed by atoms with Crippen molar-refractivity contribution in [3.8, 4) is 0 Å². The Labute approximate surface area is 52.6 Å². The quantitative estimate of drug-likeness (QED) is 0.457. The Bertz CT molecular complexity index is 51.1. The molecule has 0 aromatic rings. The first-order chi connectivity index (χ1) is 3.81. The van der Waals surface area contributed by atoms with Gasteiger partial charge in [0.1, 0.15) is 0 Å². The average molecular weight is 112 g/mol. The van der Waals surface area contributed by atoms with Crippen molar-refractivity contribution >= 4 is 0 Å². The highest BCUT2D eigenvalue weighted by atomic mass is 14.2. The maximum absolute atomic E-state index is 3.48. The molecule has 1 fully saturated rings. The summed E-state index contributed by atoms with van der Waals surface area (Å²) in [6, 6.07) is 0. The van der Waals surface area contributed by atoms with Gasteiger partial charge in [-0.25, -0.2) is 0 Å². The summed E-state index contributed by atoms with van der Waals surface area (Å²) < 4.78 is 0. The molecule has 1 aliphatic rings. The zero-order chi connectivity index (χ0) is 6.41. The molecule has 0 aliphatic heterocycles. The van der Waals surface area contributed by atoms with Crippen LogP contribution in [-0.4, -0.2) is 0 Å². The van der Waals surface area contributed by atoms with Gasteiger partial charge in [-0.15, -0.1) is 6.58 Å². The largest absolute Gasteiger partial charge is 0.103 e. The molecule has 0 radical (unpaired) electrons. The predicted octanol–water partition coefficient (Wildman–Crippen LogP) is 3.00. The van der Waals surface area contributed by atoms with Crippen LogP contribution in [0.15, 0.2) is 12.7 Å². The van der Waals surface area contributed by atoms with E-state index < -0.39 is 0 Å². The Balaban J connectivity index is 0.000000122. The smallest absolute Gasteiger partial charge is 0.0382 e. The van der Waals surface area contributed by atoms with Crippen molar-refractivity contribution in [3.63, 3.8) is 0 Å². The fourth-order valence-corrected chi connectivity index (χ4v) is 0.167. The summed E-state index contributed by atoms with van der Waals surface area (Å²) in [4.78, 5) is 0. The second kappa shape index (κ2) is 4.89. The van der Waals surface area contributed by atoms with Gasteiger partial charge in [0.05, 0.1) is 0 Å². The third-order valence-corrected chi connectivity index (χ3v) is 1.15. The van der Waals surface area contributed by atoms with Crippen molar-refractivity contribution in [2.24, 2.45) is 5.92 Å². The lowest BCUT2D eigenvalue weighted by molar-refractivity contribution is 0.983. The van der Waals surface area contributed by atoms with Crippen molar-refractivity contribution in [2.45, 2.75) is 33.1 Å². The van der Waals surface area contributed by atoms with Crippen LogP contribution in [0.4, 0.5) is 0 Å². The molecular formula is C8H16. The monoisotopic (exact) mass is 112 g/mol. The van der Waals surface area contributed by atoms with Crippen LogP contribution in [0, 0.1) is 5.92 Å². The van der Waals surface area contributed by atoms with Crippen molar-refractivity contribution in [1.82, 2.24) is 0 Å². The average Bonchev–Trinajstić information content (AvgIpc) is 2.52. The zero-order valence-corrected chi connectivity index (χ0v) is 5.98. The molecule has 0 unspecified atom stereocenters. The maximum Gasteiger partial charge on any atom is -0.0382 e. The molecule has 1 saturated carbocycles. The Hall–Kier alpha value is -0.260. The molecule has 8 heavy (non-hydrogen) atoms. The molecule has 0 nitrogen and oxygen atoms in total. The topological polar surface area (TPSA) is 0 Å². The molecular weight excluding hydrogens is 96.1 g/mol. The lowest BCUT2D eigenvalue weighted by atomic mass is 10.5. The molecule has 0 N–H and O–H groups in total. The van der Waals surface area contributed by atoms with E-state index in [0.717, 1.165) is 12.3 Å². The van der Waals surface area contributed by atoms with E-state index in [-0.39, 0.29) is 0 Å². The van der Waals surface area contributed by atoms with E-state index >= 15 is 0 Å². The molecule has 0 heterocycles. The Kier molecular flexibility index (Phi) is 4.73. The van der Waals surface area contributed by atoms with E-state index in [2.05, 4.69) is 20.4 Å². The highest BCUT2D eigenvalue weighted by Crippen LogP contribution is 2.26. The highest BCUT2D eigenvalue weighted by Gasteiger charge is 2.12. The van der Waals surface area contributed by atoms with Crippen LogP contribution < -0.4 is 0 Å². The van der Waals surface area contributed by atoms with E-state index in [1.165, 1.54) is 12.8 Å². The van der Waals surface area contributed by atoms with Gasteiger partial charge in [0.25, 0.3) is 0 Å². The first-order valence-corrected chi connectivity index (χ1v) is 3.42. The number of rotatable bonds is 1. The third kappa shape index (κ3) is 9.22. The lowest BCUT2D eigenvalue weighted by Gasteiger charge is -1.57. The number of allylic oxidation sites excluding steroid dienone is 1. The van der Waals surface area contributed by atoms with Gasteiger partial charge in [0, 0.05) is 0 Å². The van der Waals surface area contributed by atoms with Crippen LogP contribution in [-0.2, 0) is 0 Å². The summed E-state index contributed by atoms with van der Waals surface area (Å²) >= 11 is 0. The van der Waals surface area contributed by atoms with Gasteiger partial charge in [0.2, 0.25) is 0 Å². The zero-order valence-electron chi connectivity index (χ0n) is 5.98. The van der Waals surface area contributed by atoms with Gasteiger partial charge >= 0.3 is 0 Å². The SMILES string of the molecule is C=CCC.CC1CC1. The minimum absolute atomic E-state index is 1.08. The van der Waals surface area contributed by atoms with Crippen LogP contribution >= 0.6 is 0 Å². The van der Waals surface area contributed by atoms with Crippen molar-refractivity contribution in [2.75, 3.05) is 0 Å².